The Morgan fingerprint density at radius 1 is 1.00 bits per heavy atom. The van der Waals surface area contributed by atoms with Gasteiger partial charge in [0.25, 0.3) is 0 Å². The third-order valence-corrected chi connectivity index (χ3v) is 7.71. The molecule has 1 aliphatic carbocycles. The number of nitrogens with zero attached hydrogens (tertiary/aromatic N) is 2. The molecule has 2 aliphatic rings. The van der Waals surface area contributed by atoms with E-state index in [-0.39, 0.29) is 18.3 Å². The number of anilines is 1. The summed E-state index contributed by atoms with van der Waals surface area (Å²) < 4.78 is 12.2. The maximum atomic E-state index is 13.1. The van der Waals surface area contributed by atoms with Gasteiger partial charge < -0.3 is 14.0 Å². The fourth-order valence-corrected chi connectivity index (χ4v) is 6.03. The van der Waals surface area contributed by atoms with Gasteiger partial charge in [-0.15, -0.1) is 11.6 Å². The van der Waals surface area contributed by atoms with Crippen LogP contribution < -0.4 is 4.90 Å². The number of hydrogen-bond acceptors (Lipinski definition) is 5. The van der Waals surface area contributed by atoms with Crippen molar-refractivity contribution in [2.75, 3.05) is 25.0 Å². The van der Waals surface area contributed by atoms with Gasteiger partial charge in [0.1, 0.15) is 5.88 Å². The molecule has 36 heavy (non-hydrogen) atoms. The van der Waals surface area contributed by atoms with Crippen molar-refractivity contribution in [1.29, 1.82) is 0 Å². The lowest BCUT2D eigenvalue weighted by molar-refractivity contribution is -0.143. The van der Waals surface area contributed by atoms with E-state index in [2.05, 4.69) is 4.57 Å². The van der Waals surface area contributed by atoms with Gasteiger partial charge in [0.2, 0.25) is 5.91 Å². The highest BCUT2D eigenvalue weighted by Crippen LogP contribution is 2.48. The lowest BCUT2D eigenvalue weighted by Crippen LogP contribution is -2.48. The molecule has 0 saturated heterocycles. The highest BCUT2D eigenvalue weighted by atomic mass is 35.5. The van der Waals surface area contributed by atoms with E-state index in [1.807, 2.05) is 36.4 Å². The van der Waals surface area contributed by atoms with Gasteiger partial charge in [-0.3, -0.25) is 9.69 Å². The van der Waals surface area contributed by atoms with Gasteiger partial charge in [-0.25, -0.2) is 9.59 Å². The summed E-state index contributed by atoms with van der Waals surface area (Å²) in [5.41, 5.74) is 4.94. The van der Waals surface area contributed by atoms with E-state index in [0.717, 1.165) is 47.8 Å². The standard InChI is InChI=1S/C28H29ClN2O5/c1-35-27(33)18-12-13-19-22(14-18)30-16-23(28(34)36-2)31(24(32)15-29)21-11-7-6-10-20(21)26(30)25(19)17-8-4-3-5-9-17/h6-7,10-14,17,23H,3-5,8-9,15-16H2,1-2H3. The van der Waals surface area contributed by atoms with Crippen molar-refractivity contribution >= 4 is 46.0 Å². The second kappa shape index (κ2) is 9.97. The number of rotatable bonds is 4. The fraction of sp³-hybridized carbons (Fsp3) is 0.393. The van der Waals surface area contributed by atoms with Crippen molar-refractivity contribution in [3.8, 4) is 11.3 Å². The molecule has 1 amide bonds. The Balaban J connectivity index is 1.86. The second-order valence-electron chi connectivity index (χ2n) is 9.38. The molecule has 1 aliphatic heterocycles. The van der Waals surface area contributed by atoms with Crippen LogP contribution in [0.25, 0.3) is 22.2 Å². The molecule has 1 atom stereocenters. The Morgan fingerprint density at radius 2 is 1.75 bits per heavy atom. The first-order valence-corrected chi connectivity index (χ1v) is 12.8. The van der Waals surface area contributed by atoms with E-state index >= 15 is 0 Å². The van der Waals surface area contributed by atoms with Crippen LogP contribution in [0.2, 0.25) is 0 Å². The van der Waals surface area contributed by atoms with Crippen LogP contribution >= 0.6 is 11.6 Å². The largest absolute Gasteiger partial charge is 0.467 e. The topological polar surface area (TPSA) is 77.8 Å². The molecule has 0 bridgehead atoms. The summed E-state index contributed by atoms with van der Waals surface area (Å²) >= 11 is 6.02. The molecule has 7 nitrogen and oxygen atoms in total. The third-order valence-electron chi connectivity index (χ3n) is 7.48. The molecular formula is C28H29ClN2O5. The van der Waals surface area contributed by atoms with Crippen LogP contribution in [0.3, 0.4) is 0 Å². The van der Waals surface area contributed by atoms with Crippen molar-refractivity contribution < 1.29 is 23.9 Å². The second-order valence-corrected chi connectivity index (χ2v) is 9.65. The summed E-state index contributed by atoms with van der Waals surface area (Å²) in [5, 5.41) is 1.06. The maximum Gasteiger partial charge on any atom is 0.337 e. The summed E-state index contributed by atoms with van der Waals surface area (Å²) in [6.45, 7) is 0.174. The van der Waals surface area contributed by atoms with Gasteiger partial charge in [0, 0.05) is 16.5 Å². The predicted molar refractivity (Wildman–Crippen MR) is 139 cm³/mol. The molecule has 188 valence electrons. The molecule has 1 unspecified atom stereocenters. The van der Waals surface area contributed by atoms with Gasteiger partial charge in [0.15, 0.2) is 6.04 Å². The number of esters is 2. The number of para-hydroxylation sites is 1. The minimum absolute atomic E-state index is 0.174. The Labute approximate surface area is 214 Å². The fourth-order valence-electron chi connectivity index (χ4n) is 5.90. The summed E-state index contributed by atoms with van der Waals surface area (Å²) in [4.78, 5) is 40.1. The zero-order valence-corrected chi connectivity index (χ0v) is 21.2. The maximum absolute atomic E-state index is 13.1. The predicted octanol–water partition coefficient (Wildman–Crippen LogP) is 5.27. The molecule has 5 rings (SSSR count). The molecule has 1 saturated carbocycles. The van der Waals surface area contributed by atoms with Gasteiger partial charge in [-0.05, 0) is 42.5 Å². The number of amides is 1. The van der Waals surface area contributed by atoms with Crippen LogP contribution in [-0.2, 0) is 25.6 Å². The van der Waals surface area contributed by atoms with Crippen LogP contribution in [-0.4, -0.2) is 48.6 Å². The molecule has 0 N–H and O–H groups in total. The van der Waals surface area contributed by atoms with Crippen molar-refractivity contribution in [2.24, 2.45) is 0 Å². The molecule has 1 aromatic heterocycles. The lowest BCUT2D eigenvalue weighted by Gasteiger charge is -2.29. The molecule has 0 radical (unpaired) electrons. The highest BCUT2D eigenvalue weighted by Gasteiger charge is 2.39. The number of alkyl halides is 1. The van der Waals surface area contributed by atoms with Crippen LogP contribution in [0.1, 0.15) is 53.9 Å². The monoisotopic (exact) mass is 508 g/mol. The minimum Gasteiger partial charge on any atom is -0.467 e. The quantitative estimate of drug-likeness (QED) is 0.354. The van der Waals surface area contributed by atoms with Crippen molar-refractivity contribution in [3.05, 3.63) is 53.6 Å². The number of carbonyl (C=O) groups excluding carboxylic acids is 3. The van der Waals surface area contributed by atoms with Crippen molar-refractivity contribution in [3.63, 3.8) is 0 Å². The van der Waals surface area contributed by atoms with E-state index in [1.165, 1.54) is 31.1 Å². The number of carbonyl (C=O) groups is 3. The summed E-state index contributed by atoms with van der Waals surface area (Å²) in [7, 11) is 2.68. The summed E-state index contributed by atoms with van der Waals surface area (Å²) in [6.07, 6.45) is 5.66. The Bertz CT molecular complexity index is 1340. The zero-order chi connectivity index (χ0) is 25.4. The van der Waals surface area contributed by atoms with E-state index in [9.17, 15) is 14.4 Å². The van der Waals surface area contributed by atoms with Gasteiger partial charge in [-0.2, -0.15) is 0 Å². The average molecular weight is 509 g/mol. The van der Waals surface area contributed by atoms with Crippen LogP contribution in [0.15, 0.2) is 42.5 Å². The first-order chi connectivity index (χ1) is 17.5. The van der Waals surface area contributed by atoms with Crippen LogP contribution in [0.5, 0.6) is 0 Å². The van der Waals surface area contributed by atoms with Crippen LogP contribution in [0.4, 0.5) is 5.69 Å². The molecule has 1 fully saturated rings. The number of benzene rings is 2. The Kier molecular flexibility index (Phi) is 6.75. The smallest absolute Gasteiger partial charge is 0.337 e. The number of ether oxygens (including phenoxy) is 2. The summed E-state index contributed by atoms with van der Waals surface area (Å²) in [6, 6.07) is 12.3. The molecular weight excluding hydrogens is 480 g/mol. The molecule has 0 spiro atoms. The lowest BCUT2D eigenvalue weighted by atomic mass is 9.81. The van der Waals surface area contributed by atoms with E-state index in [1.54, 1.807) is 6.07 Å². The normalized spacial score (nSPS) is 17.8. The minimum atomic E-state index is -0.916. The number of methoxy groups -OCH3 is 2. The van der Waals surface area contributed by atoms with E-state index in [4.69, 9.17) is 21.1 Å². The highest BCUT2D eigenvalue weighted by molar-refractivity contribution is 6.30. The van der Waals surface area contributed by atoms with Crippen molar-refractivity contribution in [1.82, 2.24) is 4.57 Å². The van der Waals surface area contributed by atoms with Gasteiger partial charge in [0.05, 0.1) is 37.7 Å². The summed E-state index contributed by atoms with van der Waals surface area (Å²) in [5.74, 6) is -1.25. The van der Waals surface area contributed by atoms with Crippen LogP contribution in [0, 0.1) is 0 Å². The van der Waals surface area contributed by atoms with Crippen molar-refractivity contribution in [2.45, 2.75) is 50.6 Å². The Morgan fingerprint density at radius 3 is 2.44 bits per heavy atom. The molecule has 2 aromatic carbocycles. The number of fused-ring (bicyclic) bond motifs is 5. The SMILES string of the molecule is COC(=O)c1ccc2c(C3CCCCC3)c3n(c2c1)CC(C(=O)OC)N(C(=O)CCl)c1ccccc1-3. The van der Waals surface area contributed by atoms with Gasteiger partial charge >= 0.3 is 11.9 Å². The first kappa shape index (κ1) is 24.4. The number of aromatic nitrogens is 1. The number of halogens is 1. The van der Waals surface area contributed by atoms with E-state index in [0.29, 0.717) is 17.2 Å². The first-order valence-electron chi connectivity index (χ1n) is 12.3. The average Bonchev–Trinajstić information content (AvgIpc) is 3.16. The molecule has 2 heterocycles. The molecule has 8 heteroatoms. The Hall–Kier alpha value is -3.32. The third kappa shape index (κ3) is 3.95. The molecule has 3 aromatic rings. The number of hydrogen-bond donors (Lipinski definition) is 0. The van der Waals surface area contributed by atoms with E-state index < -0.39 is 18.0 Å². The van der Waals surface area contributed by atoms with Gasteiger partial charge in [-0.1, -0.05) is 43.5 Å². The zero-order valence-electron chi connectivity index (χ0n) is 20.5.